The standard InChI is InChI=1S/C19H20ClNO2/c20-17-9-5-4-8-16(17)19(23)21-12-10-15(11-13-21)18(22)14-6-2-1-3-7-14/h1-9,15,18,22H,10-13H2. The molecule has 1 fully saturated rings. The summed E-state index contributed by atoms with van der Waals surface area (Å²) in [5, 5.41) is 11.0. The molecule has 1 heterocycles. The zero-order chi connectivity index (χ0) is 16.2. The van der Waals surface area contributed by atoms with Gasteiger partial charge in [-0.2, -0.15) is 0 Å². The number of aliphatic hydroxyl groups excluding tert-OH is 1. The van der Waals surface area contributed by atoms with Crippen molar-refractivity contribution in [3.8, 4) is 0 Å². The Bertz CT molecular complexity index is 666. The first-order valence-corrected chi connectivity index (χ1v) is 8.31. The van der Waals surface area contributed by atoms with Gasteiger partial charge in [-0.15, -0.1) is 0 Å². The highest BCUT2D eigenvalue weighted by atomic mass is 35.5. The van der Waals surface area contributed by atoms with E-state index in [1.807, 2.05) is 47.4 Å². The van der Waals surface area contributed by atoms with Crippen molar-refractivity contribution in [3.05, 3.63) is 70.7 Å². The fourth-order valence-electron chi connectivity index (χ4n) is 3.15. The van der Waals surface area contributed by atoms with Crippen molar-refractivity contribution in [1.29, 1.82) is 0 Å². The van der Waals surface area contributed by atoms with E-state index >= 15 is 0 Å². The predicted molar refractivity (Wildman–Crippen MR) is 91.5 cm³/mol. The van der Waals surface area contributed by atoms with E-state index in [1.54, 1.807) is 12.1 Å². The number of benzene rings is 2. The summed E-state index contributed by atoms with van der Waals surface area (Å²) in [6, 6.07) is 16.9. The molecule has 1 amide bonds. The van der Waals surface area contributed by atoms with Gasteiger partial charge in [-0.3, -0.25) is 4.79 Å². The zero-order valence-electron chi connectivity index (χ0n) is 12.9. The van der Waals surface area contributed by atoms with E-state index < -0.39 is 6.10 Å². The quantitative estimate of drug-likeness (QED) is 0.927. The van der Waals surface area contributed by atoms with Crippen molar-refractivity contribution < 1.29 is 9.90 Å². The molecule has 23 heavy (non-hydrogen) atoms. The Labute approximate surface area is 141 Å². The van der Waals surface area contributed by atoms with Crippen molar-refractivity contribution in [1.82, 2.24) is 4.90 Å². The second-order valence-corrected chi connectivity index (χ2v) is 6.37. The number of aliphatic hydroxyl groups is 1. The molecular weight excluding hydrogens is 310 g/mol. The van der Waals surface area contributed by atoms with Gasteiger partial charge in [0.2, 0.25) is 0 Å². The summed E-state index contributed by atoms with van der Waals surface area (Å²) in [5.74, 6) is 0.163. The number of piperidine rings is 1. The summed E-state index contributed by atoms with van der Waals surface area (Å²) in [7, 11) is 0. The van der Waals surface area contributed by atoms with Crippen LogP contribution in [0.15, 0.2) is 54.6 Å². The number of amides is 1. The van der Waals surface area contributed by atoms with Crippen LogP contribution < -0.4 is 0 Å². The summed E-state index contributed by atoms with van der Waals surface area (Å²) in [5.41, 5.74) is 1.50. The molecule has 3 nitrogen and oxygen atoms in total. The molecule has 1 atom stereocenters. The van der Waals surface area contributed by atoms with Crippen LogP contribution in [-0.4, -0.2) is 29.0 Å². The van der Waals surface area contributed by atoms with Crippen LogP contribution in [0.3, 0.4) is 0 Å². The van der Waals surface area contributed by atoms with Crippen molar-refractivity contribution in [3.63, 3.8) is 0 Å². The largest absolute Gasteiger partial charge is 0.388 e. The van der Waals surface area contributed by atoms with Gasteiger partial charge < -0.3 is 10.0 Å². The van der Waals surface area contributed by atoms with Gasteiger partial charge in [0, 0.05) is 13.1 Å². The molecule has 0 aromatic heterocycles. The lowest BCUT2D eigenvalue weighted by Gasteiger charge is -2.34. The van der Waals surface area contributed by atoms with Crippen LogP contribution in [0.1, 0.15) is 34.9 Å². The van der Waals surface area contributed by atoms with Gasteiger partial charge >= 0.3 is 0 Å². The maximum absolute atomic E-state index is 12.5. The van der Waals surface area contributed by atoms with E-state index in [-0.39, 0.29) is 11.8 Å². The maximum Gasteiger partial charge on any atom is 0.255 e. The number of carbonyl (C=O) groups excluding carboxylic acids is 1. The van der Waals surface area contributed by atoms with Crippen LogP contribution in [0.2, 0.25) is 5.02 Å². The minimum absolute atomic E-state index is 0.0248. The Morgan fingerprint density at radius 2 is 1.65 bits per heavy atom. The maximum atomic E-state index is 12.5. The third kappa shape index (κ3) is 3.57. The van der Waals surface area contributed by atoms with Crippen LogP contribution in [0, 0.1) is 5.92 Å². The van der Waals surface area contributed by atoms with Crippen LogP contribution in [0.4, 0.5) is 0 Å². The molecule has 0 spiro atoms. The van der Waals surface area contributed by atoms with Crippen LogP contribution >= 0.6 is 11.6 Å². The molecular formula is C19H20ClNO2. The Morgan fingerprint density at radius 1 is 1.04 bits per heavy atom. The van der Waals surface area contributed by atoms with E-state index in [2.05, 4.69) is 0 Å². The average Bonchev–Trinajstić information content (AvgIpc) is 2.62. The summed E-state index contributed by atoms with van der Waals surface area (Å²) < 4.78 is 0. The van der Waals surface area contributed by atoms with Crippen LogP contribution in [0.25, 0.3) is 0 Å². The van der Waals surface area contributed by atoms with Gasteiger partial charge in [0.1, 0.15) is 0 Å². The lowest BCUT2D eigenvalue weighted by atomic mass is 9.87. The number of likely N-dealkylation sites (tertiary alicyclic amines) is 1. The number of carbonyl (C=O) groups is 1. The molecule has 3 rings (SSSR count). The zero-order valence-corrected chi connectivity index (χ0v) is 13.6. The summed E-state index contributed by atoms with van der Waals surface area (Å²) in [6.07, 6.45) is 1.13. The van der Waals surface area contributed by atoms with E-state index in [1.165, 1.54) is 0 Å². The fraction of sp³-hybridized carbons (Fsp3) is 0.316. The van der Waals surface area contributed by atoms with E-state index in [4.69, 9.17) is 11.6 Å². The van der Waals surface area contributed by atoms with Crippen molar-refractivity contribution >= 4 is 17.5 Å². The Kier molecular flexibility index (Phi) is 4.99. The first-order chi connectivity index (χ1) is 11.2. The van der Waals surface area contributed by atoms with Gasteiger partial charge in [-0.1, -0.05) is 54.1 Å². The molecule has 0 radical (unpaired) electrons. The van der Waals surface area contributed by atoms with Crippen LogP contribution in [-0.2, 0) is 0 Å². The molecule has 1 aliphatic rings. The molecule has 0 aliphatic carbocycles. The molecule has 2 aromatic rings. The Balaban J connectivity index is 1.62. The predicted octanol–water partition coefficient (Wildman–Crippen LogP) is 3.93. The Morgan fingerprint density at radius 3 is 2.30 bits per heavy atom. The molecule has 1 N–H and O–H groups in total. The molecule has 1 unspecified atom stereocenters. The monoisotopic (exact) mass is 329 g/mol. The first-order valence-electron chi connectivity index (χ1n) is 7.93. The number of hydrogen-bond donors (Lipinski definition) is 1. The SMILES string of the molecule is O=C(c1ccccc1Cl)N1CCC(C(O)c2ccccc2)CC1. The van der Waals surface area contributed by atoms with Gasteiger partial charge in [-0.05, 0) is 36.5 Å². The normalized spacial score (nSPS) is 17.0. The second-order valence-electron chi connectivity index (χ2n) is 5.96. The average molecular weight is 330 g/mol. The van der Waals surface area contributed by atoms with Crippen LogP contribution in [0.5, 0.6) is 0 Å². The van der Waals surface area contributed by atoms with Gasteiger partial charge in [0.05, 0.1) is 16.7 Å². The molecule has 1 saturated heterocycles. The van der Waals surface area contributed by atoms with Gasteiger partial charge in [0.25, 0.3) is 5.91 Å². The van der Waals surface area contributed by atoms with E-state index in [0.29, 0.717) is 23.7 Å². The smallest absolute Gasteiger partial charge is 0.255 e. The molecule has 2 aromatic carbocycles. The van der Waals surface area contributed by atoms with E-state index in [0.717, 1.165) is 18.4 Å². The number of hydrogen-bond acceptors (Lipinski definition) is 2. The highest BCUT2D eigenvalue weighted by molar-refractivity contribution is 6.33. The summed E-state index contributed by atoms with van der Waals surface area (Å²) in [4.78, 5) is 14.4. The first kappa shape index (κ1) is 16.0. The lowest BCUT2D eigenvalue weighted by Crippen LogP contribution is -2.39. The third-order valence-electron chi connectivity index (χ3n) is 4.52. The highest BCUT2D eigenvalue weighted by Gasteiger charge is 2.29. The molecule has 0 saturated carbocycles. The topological polar surface area (TPSA) is 40.5 Å². The fourth-order valence-corrected chi connectivity index (χ4v) is 3.36. The Hall–Kier alpha value is -1.84. The third-order valence-corrected chi connectivity index (χ3v) is 4.85. The number of halogens is 1. The van der Waals surface area contributed by atoms with Crippen molar-refractivity contribution in [2.75, 3.05) is 13.1 Å². The second kappa shape index (κ2) is 7.16. The molecule has 120 valence electrons. The lowest BCUT2D eigenvalue weighted by molar-refractivity contribution is 0.0462. The summed E-state index contributed by atoms with van der Waals surface area (Å²) in [6.45, 7) is 1.30. The van der Waals surface area contributed by atoms with Gasteiger partial charge in [0.15, 0.2) is 0 Å². The van der Waals surface area contributed by atoms with Crippen molar-refractivity contribution in [2.24, 2.45) is 5.92 Å². The number of rotatable bonds is 3. The summed E-state index contributed by atoms with van der Waals surface area (Å²) >= 11 is 6.11. The van der Waals surface area contributed by atoms with E-state index in [9.17, 15) is 9.90 Å². The molecule has 1 aliphatic heterocycles. The number of nitrogens with zero attached hydrogens (tertiary/aromatic N) is 1. The minimum Gasteiger partial charge on any atom is -0.388 e. The molecule has 0 bridgehead atoms. The highest BCUT2D eigenvalue weighted by Crippen LogP contribution is 2.31. The van der Waals surface area contributed by atoms with Gasteiger partial charge in [-0.25, -0.2) is 0 Å². The minimum atomic E-state index is -0.464. The molecule has 4 heteroatoms. The van der Waals surface area contributed by atoms with Crippen molar-refractivity contribution in [2.45, 2.75) is 18.9 Å².